The van der Waals surface area contributed by atoms with Crippen LogP contribution in [0.25, 0.3) is 0 Å². The van der Waals surface area contributed by atoms with Crippen LogP contribution in [0.3, 0.4) is 0 Å². The monoisotopic (exact) mass is 131 g/mol. The largest absolute Gasteiger partial charge is 0.378 e. The minimum absolute atomic E-state index is 0.568. The Balaban J connectivity index is 3.47. The van der Waals surface area contributed by atoms with Crippen molar-refractivity contribution in [1.29, 1.82) is 0 Å². The fourth-order valence-electron chi connectivity index (χ4n) is 0.277. The van der Waals surface area contributed by atoms with Gasteiger partial charge in [-0.05, 0) is 19.3 Å². The van der Waals surface area contributed by atoms with Gasteiger partial charge in [-0.2, -0.15) is 0 Å². The van der Waals surface area contributed by atoms with Crippen LogP contribution in [0.4, 0.5) is 0 Å². The van der Waals surface area contributed by atoms with Gasteiger partial charge in [0, 0.05) is 19.3 Å². The van der Waals surface area contributed by atoms with Crippen LogP contribution >= 0.6 is 12.6 Å². The van der Waals surface area contributed by atoms with Crippen LogP contribution in [0.2, 0.25) is 0 Å². The van der Waals surface area contributed by atoms with Gasteiger partial charge in [-0.3, -0.25) is 0 Å². The Morgan fingerprint density at radius 3 is 2.12 bits per heavy atom. The molecule has 48 valence electrons. The summed E-state index contributed by atoms with van der Waals surface area (Å²) in [5, 5.41) is 1.74. The summed E-state index contributed by atoms with van der Waals surface area (Å²) in [5.74, 6) is 0. The van der Waals surface area contributed by atoms with E-state index in [9.17, 15) is 0 Å². The molecule has 0 spiro atoms. The number of nitrogens with zero attached hydrogens (tertiary/aromatic N) is 1. The van der Waals surface area contributed by atoms with Crippen LogP contribution in [-0.4, -0.2) is 18.0 Å². The highest BCUT2D eigenvalue weighted by Gasteiger charge is 1.92. The molecule has 0 rings (SSSR count). The Bertz CT molecular complexity index is 78.6. The Kier molecular flexibility index (Phi) is 3.79. The van der Waals surface area contributed by atoms with E-state index in [2.05, 4.69) is 31.4 Å². The van der Waals surface area contributed by atoms with Gasteiger partial charge in [-0.25, -0.2) is 0 Å². The molecule has 0 heterocycles. The lowest BCUT2D eigenvalue weighted by Crippen LogP contribution is -2.19. The molecule has 1 nitrogen and oxygen atoms in total. The van der Waals surface area contributed by atoms with Gasteiger partial charge < -0.3 is 4.90 Å². The van der Waals surface area contributed by atoms with Crippen LogP contribution < -0.4 is 0 Å². The molecule has 0 aromatic carbocycles. The third-order valence-electron chi connectivity index (χ3n) is 1.12. The van der Waals surface area contributed by atoms with Gasteiger partial charge >= 0.3 is 0 Å². The average Bonchev–Trinajstić information content (AvgIpc) is 1.67. The molecule has 0 atom stereocenters. The zero-order valence-electron chi connectivity index (χ0n) is 5.63. The van der Waals surface area contributed by atoms with Crippen LogP contribution in [0, 0.1) is 0 Å². The van der Waals surface area contributed by atoms with E-state index in [1.54, 1.807) is 5.41 Å². The predicted octanol–water partition coefficient (Wildman–Crippen LogP) is 1.73. The first kappa shape index (κ1) is 7.89. The molecular weight excluding hydrogens is 118 g/mol. The molecule has 0 unspecified atom stereocenters. The molecular formula is C6H13NS. The topological polar surface area (TPSA) is 3.24 Å². The highest BCUT2D eigenvalue weighted by molar-refractivity contribution is 7.83. The lowest BCUT2D eigenvalue weighted by Gasteiger charge is -2.17. The summed E-state index contributed by atoms with van der Waals surface area (Å²) in [5.41, 5.74) is 0. The van der Waals surface area contributed by atoms with Crippen molar-refractivity contribution in [2.75, 3.05) is 7.05 Å². The first-order chi connectivity index (χ1) is 3.68. The summed E-state index contributed by atoms with van der Waals surface area (Å²) in [6.45, 7) is 4.27. The van der Waals surface area contributed by atoms with Crippen molar-refractivity contribution < 1.29 is 0 Å². The van der Waals surface area contributed by atoms with Crippen molar-refractivity contribution in [2.45, 2.75) is 19.9 Å². The zero-order chi connectivity index (χ0) is 6.57. The molecule has 0 aliphatic heterocycles. The highest BCUT2D eigenvalue weighted by Crippen LogP contribution is 1.93. The summed E-state index contributed by atoms with van der Waals surface area (Å²) in [4.78, 5) is 2.09. The summed E-state index contributed by atoms with van der Waals surface area (Å²) in [6, 6.07) is 0.568. The highest BCUT2D eigenvalue weighted by atomic mass is 32.1. The normalized spacial score (nSPS) is 11.1. The van der Waals surface area contributed by atoms with Gasteiger partial charge in [-0.1, -0.05) is 0 Å². The Labute approximate surface area is 56.8 Å². The molecule has 0 saturated heterocycles. The van der Waals surface area contributed by atoms with E-state index in [4.69, 9.17) is 0 Å². The molecule has 8 heavy (non-hydrogen) atoms. The zero-order valence-corrected chi connectivity index (χ0v) is 6.52. The second-order valence-electron chi connectivity index (χ2n) is 2.06. The molecule has 0 radical (unpaired) electrons. The molecule has 0 aliphatic rings. The fraction of sp³-hybridized carbons (Fsp3) is 0.667. The number of hydrogen-bond donors (Lipinski definition) is 1. The Morgan fingerprint density at radius 2 is 2.00 bits per heavy atom. The molecule has 0 N–H and O–H groups in total. The Hall–Kier alpha value is -0.110. The van der Waals surface area contributed by atoms with Crippen molar-refractivity contribution in [3.63, 3.8) is 0 Å². The van der Waals surface area contributed by atoms with Crippen LogP contribution in [0.5, 0.6) is 0 Å². The maximum absolute atomic E-state index is 3.93. The minimum atomic E-state index is 0.568. The minimum Gasteiger partial charge on any atom is -0.378 e. The van der Waals surface area contributed by atoms with Crippen LogP contribution in [0.1, 0.15) is 13.8 Å². The first-order valence-corrected chi connectivity index (χ1v) is 3.23. The molecule has 0 aromatic heterocycles. The van der Waals surface area contributed by atoms with E-state index in [0.717, 1.165) is 0 Å². The second-order valence-corrected chi connectivity index (χ2v) is 2.36. The van der Waals surface area contributed by atoms with Gasteiger partial charge in [0.1, 0.15) is 0 Å². The van der Waals surface area contributed by atoms with Gasteiger partial charge in [-0.15, -0.1) is 12.6 Å². The maximum Gasteiger partial charge on any atom is 0.0224 e. The molecule has 0 aromatic rings. The van der Waals surface area contributed by atoms with E-state index < -0.39 is 0 Å². The fourth-order valence-corrected chi connectivity index (χ4v) is 0.488. The van der Waals surface area contributed by atoms with Crippen LogP contribution in [0.15, 0.2) is 11.6 Å². The van der Waals surface area contributed by atoms with Gasteiger partial charge in [0.25, 0.3) is 0 Å². The number of thiol groups is 1. The predicted molar refractivity (Wildman–Crippen MR) is 41.0 cm³/mol. The van der Waals surface area contributed by atoms with Crippen molar-refractivity contribution >= 4 is 12.6 Å². The van der Waals surface area contributed by atoms with Crippen molar-refractivity contribution in [2.24, 2.45) is 0 Å². The number of rotatable bonds is 2. The van der Waals surface area contributed by atoms with Gasteiger partial charge in [0.05, 0.1) is 0 Å². The SMILES string of the molecule is CC(C)N(C)/C=C\S. The van der Waals surface area contributed by atoms with E-state index >= 15 is 0 Å². The quantitative estimate of drug-likeness (QED) is 0.558. The lowest BCUT2D eigenvalue weighted by molar-refractivity contribution is 0.376. The second kappa shape index (κ2) is 3.84. The third-order valence-corrected chi connectivity index (χ3v) is 1.25. The molecule has 0 fully saturated rings. The summed E-state index contributed by atoms with van der Waals surface area (Å²) in [7, 11) is 2.03. The van der Waals surface area contributed by atoms with E-state index in [0.29, 0.717) is 6.04 Å². The first-order valence-electron chi connectivity index (χ1n) is 2.71. The maximum atomic E-state index is 3.93. The third kappa shape index (κ3) is 2.97. The lowest BCUT2D eigenvalue weighted by atomic mass is 10.4. The van der Waals surface area contributed by atoms with E-state index in [-0.39, 0.29) is 0 Å². The molecule has 0 amide bonds. The van der Waals surface area contributed by atoms with E-state index in [1.165, 1.54) is 0 Å². The summed E-state index contributed by atoms with van der Waals surface area (Å²) < 4.78 is 0. The Morgan fingerprint density at radius 1 is 1.50 bits per heavy atom. The molecule has 0 aliphatic carbocycles. The molecule has 0 saturated carbocycles. The summed E-state index contributed by atoms with van der Waals surface area (Å²) >= 11 is 3.93. The van der Waals surface area contributed by atoms with Crippen LogP contribution in [-0.2, 0) is 0 Å². The van der Waals surface area contributed by atoms with Crippen molar-refractivity contribution in [1.82, 2.24) is 4.90 Å². The van der Waals surface area contributed by atoms with E-state index in [1.807, 2.05) is 13.2 Å². The standard InChI is InChI=1S/C6H13NS/c1-6(2)7(3)4-5-8/h4-6,8H,1-3H3/b5-4-. The average molecular weight is 131 g/mol. The smallest absolute Gasteiger partial charge is 0.0224 e. The van der Waals surface area contributed by atoms with Crippen molar-refractivity contribution in [3.8, 4) is 0 Å². The van der Waals surface area contributed by atoms with Gasteiger partial charge in [0.2, 0.25) is 0 Å². The molecule has 2 heteroatoms. The number of hydrogen-bond acceptors (Lipinski definition) is 2. The van der Waals surface area contributed by atoms with Crippen molar-refractivity contribution in [3.05, 3.63) is 11.6 Å². The van der Waals surface area contributed by atoms with Gasteiger partial charge in [0.15, 0.2) is 0 Å². The summed E-state index contributed by atoms with van der Waals surface area (Å²) in [6.07, 6.45) is 1.94. The molecule has 0 bridgehead atoms.